The summed E-state index contributed by atoms with van der Waals surface area (Å²) < 4.78 is 0. The number of carbonyl (C=O) groups is 3. The molecule has 0 fully saturated rings. The molecule has 3 amide bonds. The molecule has 1 aromatic carbocycles. The summed E-state index contributed by atoms with van der Waals surface area (Å²) in [7, 11) is 0. The van der Waals surface area contributed by atoms with Crippen LogP contribution in [0.1, 0.15) is 19.4 Å². The fourth-order valence-corrected chi connectivity index (χ4v) is 3.25. The first-order valence-electron chi connectivity index (χ1n) is 7.80. The van der Waals surface area contributed by atoms with E-state index in [-0.39, 0.29) is 30.8 Å². The lowest BCUT2D eigenvalue weighted by atomic mass is 10.1. The van der Waals surface area contributed by atoms with Crippen LogP contribution in [-0.4, -0.2) is 46.9 Å². The highest BCUT2D eigenvalue weighted by atomic mass is 16.3. The Bertz CT molecular complexity index is 756. The van der Waals surface area contributed by atoms with Crippen molar-refractivity contribution < 1.29 is 19.5 Å². The van der Waals surface area contributed by atoms with Gasteiger partial charge in [-0.05, 0) is 37.1 Å². The van der Waals surface area contributed by atoms with E-state index in [1.165, 1.54) is 6.08 Å². The van der Waals surface area contributed by atoms with Crippen LogP contribution in [0.25, 0.3) is 0 Å². The van der Waals surface area contributed by atoms with Crippen molar-refractivity contribution in [2.75, 3.05) is 23.4 Å². The Labute approximate surface area is 139 Å². The summed E-state index contributed by atoms with van der Waals surface area (Å²) in [6.07, 6.45) is 1.97. The lowest BCUT2D eigenvalue weighted by Gasteiger charge is -2.20. The topological polar surface area (TPSA) is 90.0 Å². The van der Waals surface area contributed by atoms with Crippen molar-refractivity contribution in [2.24, 2.45) is 0 Å². The lowest BCUT2D eigenvalue weighted by molar-refractivity contribution is -0.137. The van der Waals surface area contributed by atoms with Crippen LogP contribution >= 0.6 is 0 Å². The maximum absolute atomic E-state index is 12.1. The van der Waals surface area contributed by atoms with Crippen LogP contribution in [0.5, 0.6) is 0 Å². The van der Waals surface area contributed by atoms with Crippen molar-refractivity contribution in [3.63, 3.8) is 0 Å². The highest BCUT2D eigenvalue weighted by Gasteiger charge is 2.32. The molecule has 7 nitrogen and oxygen atoms in total. The third-order valence-electron chi connectivity index (χ3n) is 4.25. The third-order valence-corrected chi connectivity index (χ3v) is 4.25. The first kappa shape index (κ1) is 16.2. The monoisotopic (exact) mass is 329 g/mol. The molecule has 1 atom stereocenters. The minimum atomic E-state index is -0.451. The zero-order chi connectivity index (χ0) is 17.4. The fraction of sp³-hybridized carbons (Fsp3) is 0.353. The van der Waals surface area contributed by atoms with E-state index >= 15 is 0 Å². The first-order valence-corrected chi connectivity index (χ1v) is 7.80. The zero-order valence-electron chi connectivity index (χ0n) is 13.6. The first-order chi connectivity index (χ1) is 11.4. The number of hydrogen-bond acceptors (Lipinski definition) is 5. The van der Waals surface area contributed by atoms with Crippen LogP contribution in [-0.2, 0) is 20.8 Å². The van der Waals surface area contributed by atoms with E-state index in [9.17, 15) is 14.4 Å². The average molecular weight is 329 g/mol. The van der Waals surface area contributed by atoms with E-state index in [2.05, 4.69) is 5.32 Å². The number of fused-ring (bicyclic) bond motifs is 1. The number of amides is 3. The van der Waals surface area contributed by atoms with Gasteiger partial charge in [-0.25, -0.2) is 0 Å². The van der Waals surface area contributed by atoms with Gasteiger partial charge < -0.3 is 15.3 Å². The second kappa shape index (κ2) is 6.09. The van der Waals surface area contributed by atoms with Crippen molar-refractivity contribution in [1.82, 2.24) is 4.90 Å². The largest absolute Gasteiger partial charge is 0.395 e. The van der Waals surface area contributed by atoms with E-state index in [0.717, 1.165) is 22.6 Å². The predicted molar refractivity (Wildman–Crippen MR) is 88.3 cm³/mol. The van der Waals surface area contributed by atoms with Gasteiger partial charge in [-0.1, -0.05) is 0 Å². The Hall–Kier alpha value is -2.67. The second-order valence-corrected chi connectivity index (χ2v) is 5.99. The van der Waals surface area contributed by atoms with Gasteiger partial charge in [-0.15, -0.1) is 0 Å². The van der Waals surface area contributed by atoms with Crippen LogP contribution in [0.3, 0.4) is 0 Å². The minimum absolute atomic E-state index is 0.000815. The van der Waals surface area contributed by atoms with Gasteiger partial charge in [0.05, 0.1) is 13.2 Å². The van der Waals surface area contributed by atoms with E-state index in [1.807, 2.05) is 19.1 Å². The van der Waals surface area contributed by atoms with E-state index in [0.29, 0.717) is 5.69 Å². The van der Waals surface area contributed by atoms with Crippen LogP contribution in [0.2, 0.25) is 0 Å². The summed E-state index contributed by atoms with van der Waals surface area (Å²) in [5.41, 5.74) is 2.77. The molecule has 0 saturated carbocycles. The smallest absolute Gasteiger partial charge is 0.277 e. The van der Waals surface area contributed by atoms with Gasteiger partial charge in [0.15, 0.2) is 0 Å². The van der Waals surface area contributed by atoms with E-state index < -0.39 is 11.8 Å². The van der Waals surface area contributed by atoms with Gasteiger partial charge in [0.1, 0.15) is 5.70 Å². The molecule has 1 unspecified atom stereocenters. The molecule has 3 rings (SSSR count). The van der Waals surface area contributed by atoms with Gasteiger partial charge in [0.2, 0.25) is 5.91 Å². The molecule has 1 aromatic rings. The SMILES string of the molecule is CC(=O)N1c2ccc(NC3=CC(=O)N(CCO)C3=O)cc2CC1C. The number of hydrogen-bond donors (Lipinski definition) is 2. The molecular formula is C17H19N3O4. The average Bonchev–Trinajstić information content (AvgIpc) is 2.98. The number of imide groups is 1. The zero-order valence-corrected chi connectivity index (χ0v) is 13.6. The van der Waals surface area contributed by atoms with Crippen molar-refractivity contribution in [2.45, 2.75) is 26.3 Å². The molecule has 24 heavy (non-hydrogen) atoms. The molecule has 2 aliphatic rings. The van der Waals surface area contributed by atoms with Crippen molar-refractivity contribution in [1.29, 1.82) is 0 Å². The summed E-state index contributed by atoms with van der Waals surface area (Å²) in [5, 5.41) is 11.9. The number of aliphatic hydroxyl groups is 1. The molecule has 7 heteroatoms. The highest BCUT2D eigenvalue weighted by molar-refractivity contribution is 6.17. The molecule has 2 aliphatic heterocycles. The Balaban J connectivity index is 1.80. The van der Waals surface area contributed by atoms with Crippen LogP contribution < -0.4 is 10.2 Å². The number of nitrogens with zero attached hydrogens (tertiary/aromatic N) is 2. The molecule has 0 aromatic heterocycles. The Morgan fingerprint density at radius 2 is 2.12 bits per heavy atom. The van der Waals surface area contributed by atoms with Crippen molar-refractivity contribution >= 4 is 29.1 Å². The molecule has 0 aliphatic carbocycles. The van der Waals surface area contributed by atoms with Gasteiger partial charge in [0, 0.05) is 30.4 Å². The molecular weight excluding hydrogens is 310 g/mol. The summed E-state index contributed by atoms with van der Waals surface area (Å²) in [4.78, 5) is 38.4. The molecule has 0 bridgehead atoms. The minimum Gasteiger partial charge on any atom is -0.395 e. The summed E-state index contributed by atoms with van der Waals surface area (Å²) in [5.74, 6) is -0.886. The number of carbonyl (C=O) groups excluding carboxylic acids is 3. The number of β-amino-alcohol motifs (C(OH)–C–C–N with tert-alkyl or cyclic N) is 1. The number of rotatable bonds is 4. The number of nitrogens with one attached hydrogen (secondary N) is 1. The maximum atomic E-state index is 12.1. The van der Waals surface area contributed by atoms with Crippen LogP contribution in [0, 0.1) is 0 Å². The Morgan fingerprint density at radius 3 is 2.79 bits per heavy atom. The molecule has 0 spiro atoms. The van der Waals surface area contributed by atoms with E-state index in [4.69, 9.17) is 5.11 Å². The van der Waals surface area contributed by atoms with Gasteiger partial charge in [0.25, 0.3) is 11.8 Å². The number of benzene rings is 1. The standard InChI is InChI=1S/C17H19N3O4/c1-10-7-12-8-13(3-4-15(12)20(10)11(2)22)18-14-9-16(23)19(5-6-21)17(14)24/h3-4,8-10,18,21H,5-7H2,1-2H3. The van der Waals surface area contributed by atoms with Crippen LogP contribution in [0.4, 0.5) is 11.4 Å². The van der Waals surface area contributed by atoms with Gasteiger partial charge in [-0.3, -0.25) is 19.3 Å². The van der Waals surface area contributed by atoms with Crippen LogP contribution in [0.15, 0.2) is 30.0 Å². The molecule has 2 heterocycles. The summed E-state index contributed by atoms with van der Waals surface area (Å²) >= 11 is 0. The fourth-order valence-electron chi connectivity index (χ4n) is 3.25. The maximum Gasteiger partial charge on any atom is 0.277 e. The molecule has 0 saturated heterocycles. The molecule has 0 radical (unpaired) electrons. The Morgan fingerprint density at radius 1 is 1.38 bits per heavy atom. The quantitative estimate of drug-likeness (QED) is 0.791. The Kier molecular flexibility index (Phi) is 4.11. The third kappa shape index (κ3) is 2.67. The predicted octanol–water partition coefficient (Wildman–Crippen LogP) is 0.641. The van der Waals surface area contributed by atoms with Crippen molar-refractivity contribution in [3.8, 4) is 0 Å². The normalized spacial score (nSPS) is 19.6. The van der Waals surface area contributed by atoms with Gasteiger partial charge in [-0.2, -0.15) is 0 Å². The lowest BCUT2D eigenvalue weighted by Crippen LogP contribution is -2.34. The second-order valence-electron chi connectivity index (χ2n) is 5.99. The number of aliphatic hydroxyl groups excluding tert-OH is 1. The molecule has 2 N–H and O–H groups in total. The highest BCUT2D eigenvalue weighted by Crippen LogP contribution is 2.34. The van der Waals surface area contributed by atoms with E-state index in [1.54, 1.807) is 17.9 Å². The molecule has 126 valence electrons. The summed E-state index contributed by atoms with van der Waals surface area (Å²) in [6, 6.07) is 5.61. The van der Waals surface area contributed by atoms with Gasteiger partial charge >= 0.3 is 0 Å². The van der Waals surface area contributed by atoms with Crippen molar-refractivity contribution in [3.05, 3.63) is 35.5 Å². The summed E-state index contributed by atoms with van der Waals surface area (Å²) in [6.45, 7) is 3.24. The number of anilines is 2.